The van der Waals surface area contributed by atoms with Crippen LogP contribution in [-0.4, -0.2) is 50.1 Å². The lowest BCUT2D eigenvalue weighted by Gasteiger charge is -2.25. The molecule has 3 aromatic heterocycles. The molecule has 168 valence electrons. The monoisotopic (exact) mass is 450 g/mol. The summed E-state index contributed by atoms with van der Waals surface area (Å²) in [6.07, 6.45) is 0.563. The number of carbonyl (C=O) groups is 1. The van der Waals surface area contributed by atoms with Crippen molar-refractivity contribution >= 4 is 34.4 Å². The predicted molar refractivity (Wildman–Crippen MR) is 118 cm³/mol. The second-order valence-electron chi connectivity index (χ2n) is 7.35. The number of nitrogens with two attached hydrogens (primary N) is 2. The van der Waals surface area contributed by atoms with Gasteiger partial charge in [0, 0.05) is 11.8 Å². The number of halogens is 1. The Hall–Kier alpha value is -4.32. The third-order valence-electron chi connectivity index (χ3n) is 5.07. The van der Waals surface area contributed by atoms with Crippen LogP contribution in [0.4, 0.5) is 26.5 Å². The molecule has 0 atom stereocenters. The van der Waals surface area contributed by atoms with E-state index in [1.807, 2.05) is 0 Å². The largest absolute Gasteiger partial charge is 0.441 e. The molecule has 0 bridgehead atoms. The molecule has 5 N–H and O–H groups in total. The number of aromatic nitrogens is 5. The second kappa shape index (κ2) is 8.31. The first-order valence-electron chi connectivity index (χ1n) is 10.0. The minimum Gasteiger partial charge on any atom is -0.441 e. The van der Waals surface area contributed by atoms with Crippen molar-refractivity contribution in [3.8, 4) is 11.5 Å². The first-order valence-corrected chi connectivity index (χ1v) is 10.0. The van der Waals surface area contributed by atoms with Gasteiger partial charge in [-0.3, -0.25) is 5.32 Å². The maximum Gasteiger partial charge on any atom is 0.412 e. The Morgan fingerprint density at radius 2 is 1.94 bits per heavy atom. The summed E-state index contributed by atoms with van der Waals surface area (Å²) in [7, 11) is 0. The van der Waals surface area contributed by atoms with Gasteiger partial charge in [-0.05, 0) is 18.2 Å². The maximum atomic E-state index is 14.2. The molecule has 0 aliphatic carbocycles. The fourth-order valence-corrected chi connectivity index (χ4v) is 3.37. The molecule has 4 heterocycles. The van der Waals surface area contributed by atoms with Crippen LogP contribution >= 0.6 is 0 Å². The highest BCUT2D eigenvalue weighted by atomic mass is 19.1. The number of anilines is 3. The van der Waals surface area contributed by atoms with Crippen LogP contribution in [0.3, 0.4) is 0 Å². The molecule has 1 amide bonds. The molecule has 1 fully saturated rings. The van der Waals surface area contributed by atoms with Crippen molar-refractivity contribution < 1.29 is 18.7 Å². The molecule has 12 heteroatoms. The van der Waals surface area contributed by atoms with Crippen molar-refractivity contribution in [2.75, 3.05) is 30.0 Å². The Bertz CT molecular complexity index is 1330. The number of amides is 1. The van der Waals surface area contributed by atoms with E-state index < -0.39 is 6.09 Å². The van der Waals surface area contributed by atoms with Crippen LogP contribution in [0.1, 0.15) is 5.56 Å². The van der Waals surface area contributed by atoms with Crippen LogP contribution in [0.2, 0.25) is 0 Å². The zero-order valence-electron chi connectivity index (χ0n) is 17.2. The molecule has 0 radical (unpaired) electrons. The molecule has 1 saturated heterocycles. The Morgan fingerprint density at radius 3 is 2.64 bits per heavy atom. The van der Waals surface area contributed by atoms with Crippen molar-refractivity contribution in [3.63, 3.8) is 0 Å². The van der Waals surface area contributed by atoms with Crippen molar-refractivity contribution in [1.29, 1.82) is 0 Å². The minimum absolute atomic E-state index is 0.0391. The second-order valence-corrected chi connectivity index (χ2v) is 7.35. The summed E-state index contributed by atoms with van der Waals surface area (Å²) in [5, 5.41) is 7.66. The van der Waals surface area contributed by atoms with Gasteiger partial charge in [0.15, 0.2) is 29.2 Å². The van der Waals surface area contributed by atoms with Crippen molar-refractivity contribution in [2.45, 2.75) is 12.6 Å². The summed E-state index contributed by atoms with van der Waals surface area (Å²) in [4.78, 5) is 25.0. The third-order valence-corrected chi connectivity index (χ3v) is 5.07. The van der Waals surface area contributed by atoms with E-state index in [9.17, 15) is 9.18 Å². The molecule has 1 aromatic carbocycles. The van der Waals surface area contributed by atoms with Gasteiger partial charge in [0.1, 0.15) is 17.2 Å². The predicted octanol–water partition coefficient (Wildman–Crippen LogP) is 2.19. The van der Waals surface area contributed by atoms with Crippen LogP contribution in [0.15, 0.2) is 42.6 Å². The lowest BCUT2D eigenvalue weighted by Crippen LogP contribution is -2.39. The van der Waals surface area contributed by atoms with Crippen molar-refractivity contribution in [1.82, 2.24) is 24.7 Å². The highest BCUT2D eigenvalue weighted by molar-refractivity contribution is 5.94. The quantitative estimate of drug-likeness (QED) is 0.415. The molecule has 5 rings (SSSR count). The van der Waals surface area contributed by atoms with Crippen molar-refractivity contribution in [3.05, 3.63) is 54.0 Å². The summed E-state index contributed by atoms with van der Waals surface area (Å²) < 4.78 is 25.9. The number of benzene rings is 1. The van der Waals surface area contributed by atoms with Gasteiger partial charge in [-0.1, -0.05) is 18.2 Å². The van der Waals surface area contributed by atoms with Gasteiger partial charge in [-0.15, -0.1) is 0 Å². The Labute approximate surface area is 186 Å². The fourth-order valence-electron chi connectivity index (χ4n) is 3.37. The summed E-state index contributed by atoms with van der Waals surface area (Å²) in [6.45, 7) is 0.830. The number of nitrogens with zero attached hydrogens (tertiary/aromatic N) is 5. The van der Waals surface area contributed by atoms with Crippen LogP contribution in [0, 0.1) is 5.82 Å². The molecule has 11 nitrogen and oxygen atoms in total. The number of ether oxygens (including phenoxy) is 2. The highest BCUT2D eigenvalue weighted by Crippen LogP contribution is 2.30. The van der Waals surface area contributed by atoms with E-state index in [4.69, 9.17) is 20.9 Å². The number of carbonyl (C=O) groups excluding carboxylic acids is 1. The molecule has 4 aromatic rings. The van der Waals surface area contributed by atoms with Crippen molar-refractivity contribution in [2.24, 2.45) is 0 Å². The average molecular weight is 450 g/mol. The van der Waals surface area contributed by atoms with E-state index in [0.29, 0.717) is 35.5 Å². The molecule has 0 spiro atoms. The average Bonchev–Trinajstić information content (AvgIpc) is 3.13. The number of nitrogens with one attached hydrogen (secondary N) is 1. The van der Waals surface area contributed by atoms with Crippen LogP contribution < -0.4 is 16.8 Å². The standard InChI is InChI=1S/C21H19FN8O3/c22-14-6-2-1-4-11(14)8-30-20-13(5-3-7-25-20)15(29-30)19-27-17(23)16(18(24)28-19)26-21(31)33-12-9-32-10-12/h1-7,12H,8-10H2,(H,26,31)(H4,23,24,27,28). The van der Waals surface area contributed by atoms with E-state index in [2.05, 4.69) is 25.4 Å². The Kier molecular flexibility index (Phi) is 5.18. The topological polar surface area (TPSA) is 156 Å². The zero-order chi connectivity index (χ0) is 22.9. The third kappa shape index (κ3) is 3.99. The summed E-state index contributed by atoms with van der Waals surface area (Å²) in [6, 6.07) is 9.96. The lowest BCUT2D eigenvalue weighted by atomic mass is 10.2. The number of hydrogen-bond donors (Lipinski definition) is 3. The molecule has 0 saturated carbocycles. The number of rotatable bonds is 5. The number of pyridine rings is 1. The van der Waals surface area contributed by atoms with E-state index >= 15 is 0 Å². The van der Waals surface area contributed by atoms with E-state index in [1.165, 1.54) is 6.07 Å². The summed E-state index contributed by atoms with van der Waals surface area (Å²) in [5.41, 5.74) is 13.5. The van der Waals surface area contributed by atoms with Gasteiger partial charge < -0.3 is 20.9 Å². The molecule has 0 unspecified atom stereocenters. The molecular weight excluding hydrogens is 431 g/mol. The SMILES string of the molecule is Nc1nc(-c2nn(Cc3ccccc3F)c3ncccc23)nc(N)c1NC(=O)OC1COC1. The smallest absolute Gasteiger partial charge is 0.412 e. The first kappa shape index (κ1) is 20.6. The first-order chi connectivity index (χ1) is 16.0. The van der Waals surface area contributed by atoms with Gasteiger partial charge in [0.2, 0.25) is 0 Å². The Morgan fingerprint density at radius 1 is 1.18 bits per heavy atom. The molecule has 33 heavy (non-hydrogen) atoms. The molecular formula is C21H19FN8O3. The summed E-state index contributed by atoms with van der Waals surface area (Å²) >= 11 is 0. The summed E-state index contributed by atoms with van der Waals surface area (Å²) in [5.74, 6) is -0.319. The fraction of sp³-hybridized carbons (Fsp3) is 0.190. The van der Waals surface area contributed by atoms with Gasteiger partial charge in [-0.25, -0.2) is 28.8 Å². The van der Waals surface area contributed by atoms with E-state index in [0.717, 1.165) is 0 Å². The van der Waals surface area contributed by atoms with Gasteiger partial charge in [0.25, 0.3) is 0 Å². The van der Waals surface area contributed by atoms with E-state index in [-0.39, 0.29) is 41.6 Å². The van der Waals surface area contributed by atoms with Gasteiger partial charge in [0.05, 0.1) is 25.1 Å². The number of nitrogen functional groups attached to an aromatic ring is 2. The van der Waals surface area contributed by atoms with Crippen LogP contribution in [0.25, 0.3) is 22.6 Å². The normalized spacial score (nSPS) is 13.6. The number of fused-ring (bicyclic) bond motifs is 1. The minimum atomic E-state index is -0.734. The molecule has 1 aliphatic heterocycles. The van der Waals surface area contributed by atoms with Crippen LogP contribution in [-0.2, 0) is 16.0 Å². The number of hydrogen-bond acceptors (Lipinski definition) is 9. The Balaban J connectivity index is 1.49. The van der Waals surface area contributed by atoms with E-state index in [1.54, 1.807) is 41.2 Å². The maximum absolute atomic E-state index is 14.2. The molecule has 1 aliphatic rings. The lowest BCUT2D eigenvalue weighted by molar-refractivity contribution is -0.0951. The highest BCUT2D eigenvalue weighted by Gasteiger charge is 2.25. The van der Waals surface area contributed by atoms with Crippen LogP contribution in [0.5, 0.6) is 0 Å². The van der Waals surface area contributed by atoms with Gasteiger partial charge in [-0.2, -0.15) is 5.10 Å². The van der Waals surface area contributed by atoms with Gasteiger partial charge >= 0.3 is 6.09 Å². The zero-order valence-corrected chi connectivity index (χ0v) is 17.2.